The molecule has 2 aromatic heterocycles. The number of fused-ring (bicyclic) bond motifs is 1. The lowest BCUT2D eigenvalue weighted by molar-refractivity contribution is 0.0786. The number of hydrogen-bond acceptors (Lipinski definition) is 6. The number of anilines is 1. The van der Waals surface area contributed by atoms with E-state index < -0.39 is 0 Å². The van der Waals surface area contributed by atoms with E-state index in [1.165, 1.54) is 53.9 Å². The van der Waals surface area contributed by atoms with Gasteiger partial charge in [-0.05, 0) is 120 Å². The molecule has 8 nitrogen and oxygen atoms in total. The van der Waals surface area contributed by atoms with Gasteiger partial charge < -0.3 is 24.6 Å². The van der Waals surface area contributed by atoms with Crippen LogP contribution in [-0.4, -0.2) is 122 Å². The minimum atomic E-state index is 0.0424. The van der Waals surface area contributed by atoms with Crippen molar-refractivity contribution in [3.63, 3.8) is 0 Å². The van der Waals surface area contributed by atoms with Crippen LogP contribution in [0.1, 0.15) is 39.9 Å². The van der Waals surface area contributed by atoms with Crippen LogP contribution in [0.3, 0.4) is 0 Å². The molecule has 0 spiro atoms. The molecule has 244 valence electrons. The highest BCUT2D eigenvalue weighted by Crippen LogP contribution is 2.38. The zero-order valence-corrected chi connectivity index (χ0v) is 28.9. The molecule has 4 aromatic rings. The van der Waals surface area contributed by atoms with Gasteiger partial charge in [-0.3, -0.25) is 9.69 Å². The predicted molar refractivity (Wildman–Crippen MR) is 191 cm³/mol. The largest absolute Gasteiger partial charge is 0.369 e. The summed E-state index contributed by atoms with van der Waals surface area (Å²) < 4.78 is 0. The maximum atomic E-state index is 13.0. The molecule has 2 fully saturated rings. The van der Waals surface area contributed by atoms with Gasteiger partial charge in [-0.1, -0.05) is 12.1 Å². The second-order valence-corrected chi connectivity index (χ2v) is 13.8. The summed E-state index contributed by atoms with van der Waals surface area (Å²) in [6.45, 7) is 15.2. The number of pyridine rings is 1. The van der Waals surface area contributed by atoms with E-state index in [1.807, 2.05) is 45.7 Å². The van der Waals surface area contributed by atoms with E-state index in [2.05, 4.69) is 76.7 Å². The first-order valence-electron chi connectivity index (χ1n) is 16.9. The Bertz CT molecular complexity index is 1650. The Balaban J connectivity index is 1.21. The molecule has 2 aliphatic heterocycles. The van der Waals surface area contributed by atoms with Crippen molar-refractivity contribution in [2.24, 2.45) is 0 Å². The van der Waals surface area contributed by atoms with Crippen LogP contribution in [0.15, 0.2) is 48.8 Å². The third-order valence-electron chi connectivity index (χ3n) is 10.3. The van der Waals surface area contributed by atoms with E-state index in [0.29, 0.717) is 12.1 Å². The van der Waals surface area contributed by atoms with Crippen molar-refractivity contribution in [3.05, 3.63) is 71.0 Å². The van der Waals surface area contributed by atoms with Crippen molar-refractivity contribution in [1.29, 1.82) is 0 Å². The summed E-state index contributed by atoms with van der Waals surface area (Å²) in [6, 6.07) is 13.4. The molecule has 0 unspecified atom stereocenters. The van der Waals surface area contributed by atoms with Crippen LogP contribution in [-0.2, 0) is 0 Å². The Kier molecular flexibility index (Phi) is 9.50. The van der Waals surface area contributed by atoms with E-state index in [1.54, 1.807) is 4.90 Å². The van der Waals surface area contributed by atoms with Gasteiger partial charge >= 0.3 is 0 Å². The van der Waals surface area contributed by atoms with Crippen LogP contribution in [0.2, 0.25) is 0 Å². The number of piperidine rings is 1. The minimum Gasteiger partial charge on any atom is -0.369 e. The Morgan fingerprint density at radius 3 is 2.15 bits per heavy atom. The number of likely N-dealkylation sites (tertiary alicyclic amines) is 1. The number of amides is 1. The maximum Gasteiger partial charge on any atom is 0.253 e. The summed E-state index contributed by atoms with van der Waals surface area (Å²) in [5.74, 6) is 0.0424. The number of rotatable bonds is 8. The van der Waals surface area contributed by atoms with Crippen molar-refractivity contribution in [1.82, 2.24) is 29.6 Å². The van der Waals surface area contributed by atoms with Gasteiger partial charge in [-0.25, -0.2) is 4.98 Å². The topological polar surface area (TPSA) is 62.0 Å². The fraction of sp³-hybridized carbons (Fsp3) is 0.474. The molecule has 8 heteroatoms. The van der Waals surface area contributed by atoms with Gasteiger partial charge in [0.05, 0.1) is 0 Å². The van der Waals surface area contributed by atoms with Gasteiger partial charge in [0.1, 0.15) is 5.65 Å². The molecule has 1 N–H and O–H groups in total. The normalized spacial score (nSPS) is 16.9. The number of aromatic nitrogens is 2. The highest BCUT2D eigenvalue weighted by Gasteiger charge is 2.28. The van der Waals surface area contributed by atoms with E-state index in [4.69, 9.17) is 4.98 Å². The Morgan fingerprint density at radius 1 is 0.870 bits per heavy atom. The number of hydrogen-bond donors (Lipinski definition) is 1. The number of H-pyrrole nitrogens is 1. The van der Waals surface area contributed by atoms with E-state index in [0.717, 1.165) is 66.5 Å². The summed E-state index contributed by atoms with van der Waals surface area (Å²) >= 11 is 0. The van der Waals surface area contributed by atoms with E-state index >= 15 is 0 Å². The zero-order valence-electron chi connectivity index (χ0n) is 28.9. The molecule has 6 rings (SSSR count). The number of aromatic amines is 1. The number of nitrogens with one attached hydrogen (secondary N) is 1. The lowest BCUT2D eigenvalue weighted by Crippen LogP contribution is -2.53. The molecular formula is C38H51N7O. The molecule has 0 aliphatic carbocycles. The Hall–Kier alpha value is -3.72. The number of nitrogens with zero attached hydrogens (tertiary/aromatic N) is 6. The Morgan fingerprint density at radius 2 is 1.52 bits per heavy atom. The highest BCUT2D eigenvalue weighted by molar-refractivity contribution is 6.00. The summed E-state index contributed by atoms with van der Waals surface area (Å²) in [5, 5.41) is 1.13. The number of carbonyl (C=O) groups excluding carboxylic acids is 1. The number of carbonyl (C=O) groups is 1. The summed E-state index contributed by atoms with van der Waals surface area (Å²) in [5.41, 5.74) is 11.4. The van der Waals surface area contributed by atoms with Gasteiger partial charge in [0, 0.05) is 92.5 Å². The fourth-order valence-electron chi connectivity index (χ4n) is 7.52. The number of likely N-dealkylation sites (N-methyl/N-ethyl adjacent to an activating group) is 2. The molecule has 1 amide bonds. The number of piperazine rings is 1. The van der Waals surface area contributed by atoms with Crippen LogP contribution >= 0.6 is 0 Å². The van der Waals surface area contributed by atoms with Crippen molar-refractivity contribution in [2.75, 3.05) is 85.4 Å². The zero-order chi connectivity index (χ0) is 32.5. The first-order valence-corrected chi connectivity index (χ1v) is 16.9. The standard InChI is InChI=1S/C38H51N7O/c1-26-22-31(23-27(2)36(26)45-20-18-44(19-21-45)32-12-14-42(6)15-13-32)33-24-39-37-35(28(33)3)34(25-40-37)29-8-10-30(11-9-29)38(46)43(7)17-16-41(4)5/h8-11,22-25,32H,12-21H2,1-7H3,(H,39,40). The van der Waals surface area contributed by atoms with Gasteiger partial charge in [-0.2, -0.15) is 0 Å². The number of aryl methyl sites for hydroxylation is 3. The van der Waals surface area contributed by atoms with Crippen molar-refractivity contribution in [2.45, 2.75) is 39.7 Å². The second-order valence-electron chi connectivity index (χ2n) is 13.8. The molecule has 2 saturated heterocycles. The van der Waals surface area contributed by atoms with Crippen LogP contribution < -0.4 is 4.90 Å². The van der Waals surface area contributed by atoms with Gasteiger partial charge in [-0.15, -0.1) is 0 Å². The third-order valence-corrected chi connectivity index (χ3v) is 10.3. The molecule has 46 heavy (non-hydrogen) atoms. The second kappa shape index (κ2) is 13.6. The van der Waals surface area contributed by atoms with Crippen molar-refractivity contribution in [3.8, 4) is 22.3 Å². The van der Waals surface area contributed by atoms with E-state index in [9.17, 15) is 4.79 Å². The lowest BCUT2D eigenvalue weighted by atomic mass is 9.93. The molecule has 4 heterocycles. The maximum absolute atomic E-state index is 13.0. The first kappa shape index (κ1) is 32.2. The van der Waals surface area contributed by atoms with Crippen LogP contribution in [0, 0.1) is 20.8 Å². The summed E-state index contributed by atoms with van der Waals surface area (Å²) in [7, 11) is 8.15. The minimum absolute atomic E-state index is 0.0424. The lowest BCUT2D eigenvalue weighted by Gasteiger charge is -2.43. The molecular weight excluding hydrogens is 570 g/mol. The van der Waals surface area contributed by atoms with Crippen LogP contribution in [0.4, 0.5) is 5.69 Å². The first-order chi connectivity index (χ1) is 22.1. The molecule has 0 radical (unpaired) electrons. The average molecular weight is 622 g/mol. The van der Waals surface area contributed by atoms with Gasteiger partial charge in [0.2, 0.25) is 0 Å². The average Bonchev–Trinajstić information content (AvgIpc) is 3.49. The SMILES string of the molecule is Cc1cc(-c2cnc3[nH]cc(-c4ccc(C(=O)N(C)CCN(C)C)cc4)c3c2C)cc(C)c1N1CCN(C2CCN(C)CC2)CC1. The van der Waals surface area contributed by atoms with Crippen molar-refractivity contribution >= 4 is 22.6 Å². The van der Waals surface area contributed by atoms with Crippen molar-refractivity contribution < 1.29 is 4.79 Å². The molecule has 0 saturated carbocycles. The van der Waals surface area contributed by atoms with Crippen LogP contribution in [0.5, 0.6) is 0 Å². The van der Waals surface area contributed by atoms with E-state index in [-0.39, 0.29) is 5.91 Å². The predicted octanol–water partition coefficient (Wildman–Crippen LogP) is 5.67. The smallest absolute Gasteiger partial charge is 0.253 e. The van der Waals surface area contributed by atoms with Gasteiger partial charge in [0.15, 0.2) is 0 Å². The summed E-state index contributed by atoms with van der Waals surface area (Å²) in [4.78, 5) is 32.9. The van der Waals surface area contributed by atoms with Gasteiger partial charge in [0.25, 0.3) is 5.91 Å². The summed E-state index contributed by atoms with van der Waals surface area (Å²) in [6.07, 6.45) is 6.64. The monoisotopic (exact) mass is 621 g/mol. The quantitative estimate of drug-likeness (QED) is 0.274. The highest BCUT2D eigenvalue weighted by atomic mass is 16.2. The Labute approximate surface area is 275 Å². The molecule has 2 aromatic carbocycles. The third kappa shape index (κ3) is 6.57. The molecule has 0 bridgehead atoms. The molecule has 2 aliphatic rings. The molecule has 0 atom stereocenters. The fourth-order valence-corrected chi connectivity index (χ4v) is 7.52. The van der Waals surface area contributed by atoms with Crippen LogP contribution in [0.25, 0.3) is 33.3 Å². The number of benzene rings is 2.